The zero-order chi connectivity index (χ0) is 18.2. The van der Waals surface area contributed by atoms with Gasteiger partial charge in [-0.25, -0.2) is 9.59 Å². The Balaban J connectivity index is 1.81. The number of nitrogens with one attached hydrogen (secondary N) is 1. The number of hydrogen-bond acceptors (Lipinski definition) is 5. The number of methoxy groups -OCH3 is 1. The third-order valence-electron chi connectivity index (χ3n) is 3.63. The fourth-order valence-corrected chi connectivity index (χ4v) is 2.22. The van der Waals surface area contributed by atoms with E-state index in [1.807, 2.05) is 12.1 Å². The molecule has 0 bridgehead atoms. The number of carbonyl (C=O) groups is 2. The van der Waals surface area contributed by atoms with Crippen LogP contribution in [0, 0.1) is 0 Å². The molecule has 0 saturated heterocycles. The predicted molar refractivity (Wildman–Crippen MR) is 92.5 cm³/mol. The van der Waals surface area contributed by atoms with Gasteiger partial charge in [0.15, 0.2) is 6.10 Å². The third-order valence-corrected chi connectivity index (χ3v) is 3.63. The Hall–Kier alpha value is -2.86. The number of carbonyl (C=O) groups excluding carboxylic acids is 1. The van der Waals surface area contributed by atoms with Gasteiger partial charge in [-0.15, -0.1) is 0 Å². The van der Waals surface area contributed by atoms with E-state index in [1.165, 1.54) is 7.11 Å². The highest BCUT2D eigenvalue weighted by atomic mass is 16.6. The maximum absolute atomic E-state index is 11.3. The average molecular weight is 343 g/mol. The van der Waals surface area contributed by atoms with Crippen LogP contribution < -0.4 is 10.1 Å². The molecule has 2 aromatic carbocycles. The molecule has 6 nitrogen and oxygen atoms in total. The van der Waals surface area contributed by atoms with Crippen molar-refractivity contribution in [1.82, 2.24) is 5.32 Å². The highest BCUT2D eigenvalue weighted by Crippen LogP contribution is 2.14. The van der Waals surface area contributed by atoms with Crippen molar-refractivity contribution in [3.63, 3.8) is 0 Å². The summed E-state index contributed by atoms with van der Waals surface area (Å²) >= 11 is 0. The van der Waals surface area contributed by atoms with Crippen molar-refractivity contribution in [2.75, 3.05) is 7.11 Å². The summed E-state index contributed by atoms with van der Waals surface area (Å²) in [6, 6.07) is 14.2. The molecule has 0 aliphatic carbocycles. The van der Waals surface area contributed by atoms with Crippen LogP contribution >= 0.6 is 0 Å². The summed E-state index contributed by atoms with van der Waals surface area (Å²) in [7, 11) is 1.33. The lowest BCUT2D eigenvalue weighted by Crippen LogP contribution is -2.24. The molecule has 0 aliphatic heterocycles. The SMILES string of the molecule is COC(=O)C(C)Oc1ccc(CNCc2ccc(C(=O)O)cc2)cc1. The molecule has 0 aromatic heterocycles. The number of hydrogen-bond donors (Lipinski definition) is 2. The summed E-state index contributed by atoms with van der Waals surface area (Å²) in [6.45, 7) is 2.93. The van der Waals surface area contributed by atoms with Gasteiger partial charge < -0.3 is 19.9 Å². The van der Waals surface area contributed by atoms with Crippen LogP contribution in [0.15, 0.2) is 48.5 Å². The van der Waals surface area contributed by atoms with Crippen molar-refractivity contribution >= 4 is 11.9 Å². The van der Waals surface area contributed by atoms with Gasteiger partial charge in [0.2, 0.25) is 0 Å². The Bertz CT molecular complexity index is 710. The van der Waals surface area contributed by atoms with Gasteiger partial charge in [0, 0.05) is 13.1 Å². The lowest BCUT2D eigenvalue weighted by atomic mass is 10.1. The molecule has 1 unspecified atom stereocenters. The molecule has 0 heterocycles. The van der Waals surface area contributed by atoms with E-state index in [0.717, 1.165) is 11.1 Å². The van der Waals surface area contributed by atoms with Crippen LogP contribution in [0.5, 0.6) is 5.75 Å². The number of rotatable bonds is 8. The Morgan fingerprint density at radius 1 is 1.00 bits per heavy atom. The summed E-state index contributed by atoms with van der Waals surface area (Å²) in [6.07, 6.45) is -0.650. The first-order valence-corrected chi connectivity index (χ1v) is 7.86. The summed E-state index contributed by atoms with van der Waals surface area (Å²) < 4.78 is 10.1. The number of benzene rings is 2. The first-order valence-electron chi connectivity index (χ1n) is 7.86. The minimum atomic E-state index is -0.927. The molecule has 2 rings (SSSR count). The summed E-state index contributed by atoms with van der Waals surface area (Å²) in [5.41, 5.74) is 2.36. The fourth-order valence-electron chi connectivity index (χ4n) is 2.22. The van der Waals surface area contributed by atoms with Crippen LogP contribution in [-0.4, -0.2) is 30.3 Å². The van der Waals surface area contributed by atoms with Crippen LogP contribution in [0.3, 0.4) is 0 Å². The third kappa shape index (κ3) is 5.61. The van der Waals surface area contributed by atoms with Crippen molar-refractivity contribution in [3.05, 3.63) is 65.2 Å². The molecule has 25 heavy (non-hydrogen) atoms. The van der Waals surface area contributed by atoms with Gasteiger partial charge in [0.05, 0.1) is 12.7 Å². The molecule has 6 heteroatoms. The van der Waals surface area contributed by atoms with Crippen molar-refractivity contribution in [1.29, 1.82) is 0 Å². The molecule has 0 spiro atoms. The number of carboxylic acids is 1. The van der Waals surface area contributed by atoms with E-state index in [9.17, 15) is 9.59 Å². The maximum Gasteiger partial charge on any atom is 0.346 e. The molecule has 0 fully saturated rings. The molecule has 2 aromatic rings. The van der Waals surface area contributed by atoms with Gasteiger partial charge in [-0.3, -0.25) is 0 Å². The normalized spacial score (nSPS) is 11.6. The molecule has 1 atom stereocenters. The standard InChI is InChI=1S/C19H21NO5/c1-13(19(23)24-2)25-17-9-5-15(6-10-17)12-20-11-14-3-7-16(8-4-14)18(21)22/h3-10,13,20H,11-12H2,1-2H3,(H,21,22). The summed E-state index contributed by atoms with van der Waals surface area (Å²) in [5, 5.41) is 12.2. The van der Waals surface area contributed by atoms with Crippen LogP contribution in [0.1, 0.15) is 28.4 Å². The minimum absolute atomic E-state index is 0.278. The van der Waals surface area contributed by atoms with E-state index in [4.69, 9.17) is 9.84 Å². The van der Waals surface area contributed by atoms with E-state index in [-0.39, 0.29) is 5.56 Å². The van der Waals surface area contributed by atoms with Crippen LogP contribution in [-0.2, 0) is 22.6 Å². The van der Waals surface area contributed by atoms with E-state index >= 15 is 0 Å². The second-order valence-electron chi connectivity index (χ2n) is 5.53. The second-order valence-corrected chi connectivity index (χ2v) is 5.53. The van der Waals surface area contributed by atoms with Crippen LogP contribution in [0.25, 0.3) is 0 Å². The van der Waals surface area contributed by atoms with E-state index in [0.29, 0.717) is 18.8 Å². The molecular weight excluding hydrogens is 322 g/mol. The Labute approximate surface area is 146 Å². The molecule has 0 saturated carbocycles. The van der Waals surface area contributed by atoms with Crippen molar-refractivity contribution < 1.29 is 24.2 Å². The topological polar surface area (TPSA) is 84.9 Å². The Morgan fingerprint density at radius 3 is 2.00 bits per heavy atom. The van der Waals surface area contributed by atoms with Crippen LogP contribution in [0.4, 0.5) is 0 Å². The van der Waals surface area contributed by atoms with Gasteiger partial charge in [-0.2, -0.15) is 0 Å². The molecule has 2 N–H and O–H groups in total. The number of ether oxygens (including phenoxy) is 2. The number of aromatic carboxylic acids is 1. The van der Waals surface area contributed by atoms with E-state index in [1.54, 1.807) is 43.3 Å². The fraction of sp³-hybridized carbons (Fsp3) is 0.263. The molecule has 0 amide bonds. The smallest absolute Gasteiger partial charge is 0.346 e. The average Bonchev–Trinajstić information content (AvgIpc) is 2.62. The second kappa shape index (κ2) is 8.84. The van der Waals surface area contributed by atoms with Gasteiger partial charge in [0.1, 0.15) is 5.75 Å². The highest BCUT2D eigenvalue weighted by molar-refractivity contribution is 5.87. The molecule has 132 valence electrons. The first kappa shape index (κ1) is 18.5. The van der Waals surface area contributed by atoms with Gasteiger partial charge in [-0.05, 0) is 42.3 Å². The van der Waals surface area contributed by atoms with Crippen molar-refractivity contribution in [3.8, 4) is 5.75 Å². The van der Waals surface area contributed by atoms with Crippen molar-refractivity contribution in [2.45, 2.75) is 26.1 Å². The Kier molecular flexibility index (Phi) is 6.54. The monoisotopic (exact) mass is 343 g/mol. The summed E-state index contributed by atoms with van der Waals surface area (Å²) in [5.74, 6) is -0.742. The largest absolute Gasteiger partial charge is 0.479 e. The lowest BCUT2D eigenvalue weighted by molar-refractivity contribution is -0.147. The molecule has 0 radical (unpaired) electrons. The zero-order valence-corrected chi connectivity index (χ0v) is 14.2. The zero-order valence-electron chi connectivity index (χ0n) is 14.2. The van der Waals surface area contributed by atoms with E-state index in [2.05, 4.69) is 10.1 Å². The van der Waals surface area contributed by atoms with Gasteiger partial charge in [0.25, 0.3) is 0 Å². The lowest BCUT2D eigenvalue weighted by Gasteiger charge is -2.13. The highest BCUT2D eigenvalue weighted by Gasteiger charge is 2.14. The summed E-state index contributed by atoms with van der Waals surface area (Å²) in [4.78, 5) is 22.1. The van der Waals surface area contributed by atoms with Crippen LogP contribution in [0.2, 0.25) is 0 Å². The minimum Gasteiger partial charge on any atom is -0.479 e. The first-order chi connectivity index (χ1) is 12.0. The number of carboxylic acid groups (broad SMARTS) is 1. The maximum atomic E-state index is 11.3. The van der Waals surface area contributed by atoms with E-state index < -0.39 is 18.0 Å². The van der Waals surface area contributed by atoms with Crippen molar-refractivity contribution in [2.24, 2.45) is 0 Å². The van der Waals surface area contributed by atoms with Gasteiger partial charge >= 0.3 is 11.9 Å². The number of esters is 1. The Morgan fingerprint density at radius 2 is 1.52 bits per heavy atom. The quantitative estimate of drug-likeness (QED) is 0.717. The molecular formula is C19H21NO5. The predicted octanol–water partition coefficient (Wildman–Crippen LogP) is 2.61. The molecule has 0 aliphatic rings. The van der Waals surface area contributed by atoms with Gasteiger partial charge in [-0.1, -0.05) is 24.3 Å².